The monoisotopic (exact) mass is 403 g/mol. The summed E-state index contributed by atoms with van der Waals surface area (Å²) in [5.41, 5.74) is 0. The molecule has 0 heterocycles. The van der Waals surface area contributed by atoms with Crippen molar-refractivity contribution < 1.29 is 4.74 Å². The molecular weight excluding hydrogens is 377 g/mol. The number of benzene rings is 1. The van der Waals surface area contributed by atoms with Crippen LogP contribution in [-0.2, 0) is 0 Å². The molecule has 0 aromatic heterocycles. The molecule has 4 nitrogen and oxygen atoms in total. The van der Waals surface area contributed by atoms with E-state index in [4.69, 9.17) is 4.74 Å². The first-order valence-corrected chi connectivity index (χ1v) is 6.98. The fourth-order valence-electron chi connectivity index (χ4n) is 1.81. The minimum absolute atomic E-state index is 0. The summed E-state index contributed by atoms with van der Waals surface area (Å²) < 4.78 is 5.63. The Kier molecular flexibility index (Phi) is 11.8. The molecule has 0 atom stereocenters. The lowest BCUT2D eigenvalue weighted by Gasteiger charge is -2.21. The number of hydrogen-bond donors (Lipinski definition) is 1. The number of unbranched alkanes of at least 4 members (excludes halogenated alkanes) is 1. The third-order valence-electron chi connectivity index (χ3n) is 2.87. The molecule has 0 fully saturated rings. The number of rotatable bonds is 8. The van der Waals surface area contributed by atoms with Gasteiger partial charge in [0.1, 0.15) is 12.4 Å². The minimum Gasteiger partial charge on any atom is -0.492 e. The second-order valence-corrected chi connectivity index (χ2v) is 4.49. The van der Waals surface area contributed by atoms with Gasteiger partial charge in [-0.25, -0.2) is 0 Å². The molecule has 0 spiro atoms. The lowest BCUT2D eigenvalue weighted by atomic mass is 10.3. The first-order chi connectivity index (χ1) is 9.77. The highest BCUT2D eigenvalue weighted by Gasteiger charge is 2.04. The maximum atomic E-state index is 5.63. The zero-order valence-electron chi connectivity index (χ0n) is 12.9. The number of aliphatic imine (C=N–C) groups is 1. The summed E-state index contributed by atoms with van der Waals surface area (Å²) >= 11 is 0. The first-order valence-electron chi connectivity index (χ1n) is 6.98. The molecule has 0 saturated carbocycles. The molecule has 0 bridgehead atoms. The van der Waals surface area contributed by atoms with Crippen LogP contribution in [0.1, 0.15) is 12.8 Å². The van der Waals surface area contributed by atoms with Gasteiger partial charge in [-0.3, -0.25) is 4.99 Å². The van der Waals surface area contributed by atoms with Gasteiger partial charge in [0.2, 0.25) is 0 Å². The molecule has 0 unspecified atom stereocenters. The summed E-state index contributed by atoms with van der Waals surface area (Å²) in [5.74, 6) is 1.79. The van der Waals surface area contributed by atoms with Crippen LogP contribution in [0.2, 0.25) is 0 Å². The van der Waals surface area contributed by atoms with E-state index in [1.807, 2.05) is 43.5 Å². The molecule has 0 radical (unpaired) electrons. The molecule has 1 N–H and O–H groups in total. The first kappa shape index (κ1) is 19.8. The van der Waals surface area contributed by atoms with Gasteiger partial charge in [0, 0.05) is 20.6 Å². The average Bonchev–Trinajstić information content (AvgIpc) is 2.48. The highest BCUT2D eigenvalue weighted by atomic mass is 127. The van der Waals surface area contributed by atoms with Crippen molar-refractivity contribution in [2.24, 2.45) is 4.99 Å². The van der Waals surface area contributed by atoms with Crippen molar-refractivity contribution in [3.05, 3.63) is 43.0 Å². The van der Waals surface area contributed by atoms with Crippen molar-refractivity contribution in [1.82, 2.24) is 10.2 Å². The maximum Gasteiger partial charge on any atom is 0.193 e. The lowest BCUT2D eigenvalue weighted by Crippen LogP contribution is -2.41. The van der Waals surface area contributed by atoms with Gasteiger partial charge in [-0.2, -0.15) is 0 Å². The van der Waals surface area contributed by atoms with Crippen molar-refractivity contribution >= 4 is 29.9 Å². The summed E-state index contributed by atoms with van der Waals surface area (Å²) in [6, 6.07) is 9.82. The van der Waals surface area contributed by atoms with E-state index in [1.54, 1.807) is 7.05 Å². The van der Waals surface area contributed by atoms with Crippen LogP contribution in [0.3, 0.4) is 0 Å². The molecule has 1 aromatic rings. The van der Waals surface area contributed by atoms with Crippen molar-refractivity contribution in [3.63, 3.8) is 0 Å². The number of guanidine groups is 1. The third kappa shape index (κ3) is 8.60. The fourth-order valence-corrected chi connectivity index (χ4v) is 1.81. The molecule has 118 valence electrons. The van der Waals surface area contributed by atoms with E-state index in [0.29, 0.717) is 6.61 Å². The number of halogens is 1. The van der Waals surface area contributed by atoms with E-state index in [9.17, 15) is 0 Å². The van der Waals surface area contributed by atoms with E-state index < -0.39 is 0 Å². The highest BCUT2D eigenvalue weighted by molar-refractivity contribution is 14.0. The zero-order valence-corrected chi connectivity index (χ0v) is 15.2. The maximum absolute atomic E-state index is 5.63. The smallest absolute Gasteiger partial charge is 0.193 e. The van der Waals surface area contributed by atoms with Gasteiger partial charge in [0.05, 0.1) is 6.54 Å². The summed E-state index contributed by atoms with van der Waals surface area (Å²) in [5, 5.41) is 3.29. The average molecular weight is 403 g/mol. The Bertz CT molecular complexity index is 409. The van der Waals surface area contributed by atoms with Gasteiger partial charge in [0.25, 0.3) is 0 Å². The predicted molar refractivity (Wildman–Crippen MR) is 101 cm³/mol. The van der Waals surface area contributed by atoms with Crippen LogP contribution >= 0.6 is 24.0 Å². The molecule has 0 saturated heterocycles. The second-order valence-electron chi connectivity index (χ2n) is 4.49. The molecule has 0 aliphatic heterocycles. The Hall–Kier alpha value is -1.24. The largest absolute Gasteiger partial charge is 0.492 e. The molecule has 0 amide bonds. The number of ether oxygens (including phenoxy) is 1. The molecule has 21 heavy (non-hydrogen) atoms. The van der Waals surface area contributed by atoms with Gasteiger partial charge >= 0.3 is 0 Å². The highest BCUT2D eigenvalue weighted by Crippen LogP contribution is 2.07. The Morgan fingerprint density at radius 2 is 2.10 bits per heavy atom. The molecular formula is C16H26IN3O. The van der Waals surface area contributed by atoms with E-state index in [-0.39, 0.29) is 24.0 Å². The normalized spacial score (nSPS) is 10.5. The SMILES string of the molecule is C=CCCCN(C)C(=NC)NCCOc1ccccc1.I. The van der Waals surface area contributed by atoms with Crippen LogP contribution in [0.4, 0.5) is 0 Å². The zero-order chi connectivity index (χ0) is 14.6. The predicted octanol–water partition coefficient (Wildman–Crippen LogP) is 3.16. The van der Waals surface area contributed by atoms with Gasteiger partial charge in [0.15, 0.2) is 5.96 Å². The molecule has 1 aromatic carbocycles. The van der Waals surface area contributed by atoms with Gasteiger partial charge < -0.3 is 15.0 Å². The Morgan fingerprint density at radius 3 is 2.71 bits per heavy atom. The van der Waals surface area contributed by atoms with Crippen LogP contribution in [0.25, 0.3) is 0 Å². The van der Waals surface area contributed by atoms with Crippen molar-refractivity contribution in [3.8, 4) is 5.75 Å². The molecule has 1 rings (SSSR count). The summed E-state index contributed by atoms with van der Waals surface area (Å²) in [4.78, 5) is 6.38. The standard InChI is InChI=1S/C16H25N3O.HI/c1-4-5-9-13-19(3)16(17-2)18-12-14-20-15-10-7-6-8-11-15;/h4,6-8,10-11H,1,5,9,12-14H2,2-3H3,(H,17,18);1H. The quantitative estimate of drug-likeness (QED) is 0.238. The minimum atomic E-state index is 0. The summed E-state index contributed by atoms with van der Waals surface area (Å²) in [6.07, 6.45) is 4.05. The molecule has 0 aliphatic rings. The van der Waals surface area contributed by atoms with E-state index >= 15 is 0 Å². The number of allylic oxidation sites excluding steroid dienone is 1. The van der Waals surface area contributed by atoms with E-state index in [1.165, 1.54) is 0 Å². The van der Waals surface area contributed by atoms with Crippen LogP contribution in [0.5, 0.6) is 5.75 Å². The number of nitrogens with zero attached hydrogens (tertiary/aromatic N) is 2. The van der Waals surface area contributed by atoms with Crippen LogP contribution in [-0.4, -0.2) is 44.7 Å². The van der Waals surface area contributed by atoms with Crippen LogP contribution in [0, 0.1) is 0 Å². The van der Waals surface area contributed by atoms with Crippen LogP contribution in [0.15, 0.2) is 48.0 Å². The van der Waals surface area contributed by atoms with Crippen molar-refractivity contribution in [2.45, 2.75) is 12.8 Å². The molecule has 5 heteroatoms. The third-order valence-corrected chi connectivity index (χ3v) is 2.87. The topological polar surface area (TPSA) is 36.9 Å². The second kappa shape index (κ2) is 12.5. The summed E-state index contributed by atoms with van der Waals surface area (Å²) in [7, 11) is 3.83. The van der Waals surface area contributed by atoms with Crippen LogP contribution < -0.4 is 10.1 Å². The van der Waals surface area contributed by atoms with Gasteiger partial charge in [-0.15, -0.1) is 30.6 Å². The fraction of sp³-hybridized carbons (Fsp3) is 0.438. The Morgan fingerprint density at radius 1 is 1.38 bits per heavy atom. The number of para-hydroxylation sites is 1. The van der Waals surface area contributed by atoms with Crippen molar-refractivity contribution in [2.75, 3.05) is 33.8 Å². The Labute approximate surface area is 145 Å². The van der Waals surface area contributed by atoms with Gasteiger partial charge in [-0.1, -0.05) is 24.3 Å². The van der Waals surface area contributed by atoms with Crippen molar-refractivity contribution in [1.29, 1.82) is 0 Å². The van der Waals surface area contributed by atoms with E-state index in [0.717, 1.165) is 37.6 Å². The summed E-state index contributed by atoms with van der Waals surface area (Å²) in [6.45, 7) is 6.04. The van der Waals surface area contributed by atoms with E-state index in [2.05, 4.69) is 21.8 Å². The Balaban J connectivity index is 0.00000400. The number of nitrogens with one attached hydrogen (secondary N) is 1. The number of hydrogen-bond acceptors (Lipinski definition) is 2. The lowest BCUT2D eigenvalue weighted by molar-refractivity contribution is 0.319. The molecule has 0 aliphatic carbocycles. The van der Waals surface area contributed by atoms with Gasteiger partial charge in [-0.05, 0) is 25.0 Å².